The largest absolute Gasteiger partial charge is 0.495 e. The molecule has 1 saturated heterocycles. The van der Waals surface area contributed by atoms with E-state index in [0.29, 0.717) is 6.10 Å². The molecule has 2 aliphatic rings. The summed E-state index contributed by atoms with van der Waals surface area (Å²) in [6.07, 6.45) is 7.98. The van der Waals surface area contributed by atoms with Crippen LogP contribution in [0.5, 0.6) is 5.75 Å². The normalized spacial score (nSPS) is 24.8. The third-order valence-corrected chi connectivity index (χ3v) is 4.48. The van der Waals surface area contributed by atoms with Gasteiger partial charge in [0.2, 0.25) is 0 Å². The third kappa shape index (κ3) is 2.71. The standard InChI is InChI=1S/C16H23NO2/c1-18-15-7-3-2-6-14(15)17-12-13-8-11-16(19-13)9-4-5-10-16/h2-3,6-7,13,17H,4-5,8-12H2,1H3. The topological polar surface area (TPSA) is 30.5 Å². The number of hydrogen-bond acceptors (Lipinski definition) is 3. The highest BCUT2D eigenvalue weighted by atomic mass is 16.5. The Morgan fingerprint density at radius 3 is 2.84 bits per heavy atom. The molecule has 1 N–H and O–H groups in total. The quantitative estimate of drug-likeness (QED) is 0.898. The lowest BCUT2D eigenvalue weighted by Gasteiger charge is -2.24. The lowest BCUT2D eigenvalue weighted by molar-refractivity contribution is -0.0307. The zero-order valence-corrected chi connectivity index (χ0v) is 11.7. The molecular weight excluding hydrogens is 238 g/mol. The van der Waals surface area contributed by atoms with Crippen molar-refractivity contribution in [2.75, 3.05) is 19.0 Å². The van der Waals surface area contributed by atoms with Gasteiger partial charge in [0.15, 0.2) is 0 Å². The van der Waals surface area contributed by atoms with Gasteiger partial charge in [0.05, 0.1) is 24.5 Å². The molecule has 3 rings (SSSR count). The fourth-order valence-corrected chi connectivity index (χ4v) is 3.44. The second-order valence-electron chi connectivity index (χ2n) is 5.75. The Morgan fingerprint density at radius 2 is 2.05 bits per heavy atom. The minimum atomic E-state index is 0.229. The zero-order chi connectivity index (χ0) is 13.1. The predicted molar refractivity (Wildman–Crippen MR) is 76.8 cm³/mol. The number of anilines is 1. The van der Waals surface area contributed by atoms with Gasteiger partial charge in [0.1, 0.15) is 5.75 Å². The van der Waals surface area contributed by atoms with E-state index in [-0.39, 0.29) is 5.60 Å². The SMILES string of the molecule is COc1ccccc1NCC1CCC2(CCCC2)O1. The minimum absolute atomic E-state index is 0.229. The van der Waals surface area contributed by atoms with Crippen molar-refractivity contribution >= 4 is 5.69 Å². The monoisotopic (exact) mass is 261 g/mol. The first-order valence-corrected chi connectivity index (χ1v) is 7.36. The minimum Gasteiger partial charge on any atom is -0.495 e. The van der Waals surface area contributed by atoms with Crippen LogP contribution in [0.1, 0.15) is 38.5 Å². The molecule has 1 heterocycles. The summed E-state index contributed by atoms with van der Waals surface area (Å²) in [5.41, 5.74) is 1.29. The molecule has 1 unspecified atom stereocenters. The lowest BCUT2D eigenvalue weighted by Crippen LogP contribution is -2.27. The predicted octanol–water partition coefficient (Wildman–Crippen LogP) is 3.60. The Balaban J connectivity index is 1.55. The molecule has 2 fully saturated rings. The van der Waals surface area contributed by atoms with Crippen LogP contribution in [0.2, 0.25) is 0 Å². The number of hydrogen-bond donors (Lipinski definition) is 1. The Hall–Kier alpha value is -1.22. The summed E-state index contributed by atoms with van der Waals surface area (Å²) in [6.45, 7) is 0.877. The van der Waals surface area contributed by atoms with Crippen molar-refractivity contribution in [1.82, 2.24) is 0 Å². The van der Waals surface area contributed by atoms with Gasteiger partial charge in [0.25, 0.3) is 0 Å². The molecule has 0 radical (unpaired) electrons. The second-order valence-corrected chi connectivity index (χ2v) is 5.75. The maximum Gasteiger partial charge on any atom is 0.141 e. The molecule has 19 heavy (non-hydrogen) atoms. The zero-order valence-electron chi connectivity index (χ0n) is 11.7. The van der Waals surface area contributed by atoms with Crippen LogP contribution in [0.4, 0.5) is 5.69 Å². The molecule has 1 aromatic rings. The summed E-state index contributed by atoms with van der Waals surface area (Å²) >= 11 is 0. The number of para-hydroxylation sites is 2. The van der Waals surface area contributed by atoms with Gasteiger partial charge in [-0.3, -0.25) is 0 Å². The van der Waals surface area contributed by atoms with E-state index in [0.717, 1.165) is 18.0 Å². The molecule has 0 bridgehead atoms. The third-order valence-electron chi connectivity index (χ3n) is 4.48. The van der Waals surface area contributed by atoms with Gasteiger partial charge in [-0.1, -0.05) is 25.0 Å². The van der Waals surface area contributed by atoms with Crippen molar-refractivity contribution in [2.45, 2.75) is 50.2 Å². The summed E-state index contributed by atoms with van der Waals surface area (Å²) in [7, 11) is 1.71. The van der Waals surface area contributed by atoms with Crippen LogP contribution in [0.25, 0.3) is 0 Å². The summed E-state index contributed by atoms with van der Waals surface area (Å²) in [6, 6.07) is 8.05. The summed E-state index contributed by atoms with van der Waals surface area (Å²) in [4.78, 5) is 0. The number of rotatable bonds is 4. The number of nitrogens with one attached hydrogen (secondary N) is 1. The van der Waals surface area contributed by atoms with Gasteiger partial charge in [-0.15, -0.1) is 0 Å². The van der Waals surface area contributed by atoms with E-state index >= 15 is 0 Å². The van der Waals surface area contributed by atoms with Crippen molar-refractivity contribution in [3.8, 4) is 5.75 Å². The van der Waals surface area contributed by atoms with Crippen molar-refractivity contribution in [3.05, 3.63) is 24.3 Å². The molecule has 3 nitrogen and oxygen atoms in total. The van der Waals surface area contributed by atoms with Gasteiger partial charge < -0.3 is 14.8 Å². The van der Waals surface area contributed by atoms with Crippen LogP contribution in [0.3, 0.4) is 0 Å². The summed E-state index contributed by atoms with van der Waals surface area (Å²) in [5, 5.41) is 3.46. The van der Waals surface area contributed by atoms with Crippen molar-refractivity contribution < 1.29 is 9.47 Å². The Labute approximate surface area is 115 Å². The Morgan fingerprint density at radius 1 is 1.26 bits per heavy atom. The Kier molecular flexibility index (Phi) is 3.65. The van der Waals surface area contributed by atoms with Crippen LogP contribution in [0, 0.1) is 0 Å². The van der Waals surface area contributed by atoms with E-state index in [4.69, 9.17) is 9.47 Å². The first-order valence-electron chi connectivity index (χ1n) is 7.36. The maximum atomic E-state index is 6.30. The molecule has 1 saturated carbocycles. The molecule has 104 valence electrons. The highest BCUT2D eigenvalue weighted by Gasteiger charge is 2.41. The molecule has 1 spiro atoms. The van der Waals surface area contributed by atoms with Crippen LogP contribution in [-0.4, -0.2) is 25.4 Å². The van der Waals surface area contributed by atoms with Gasteiger partial charge in [-0.2, -0.15) is 0 Å². The maximum absolute atomic E-state index is 6.30. The highest BCUT2D eigenvalue weighted by molar-refractivity contribution is 5.56. The molecule has 1 atom stereocenters. The number of benzene rings is 1. The number of ether oxygens (including phenoxy) is 2. The molecule has 0 amide bonds. The molecule has 1 aromatic carbocycles. The first kappa shape index (κ1) is 12.8. The average molecular weight is 261 g/mol. The fourth-order valence-electron chi connectivity index (χ4n) is 3.44. The van der Waals surface area contributed by atoms with Crippen molar-refractivity contribution in [1.29, 1.82) is 0 Å². The van der Waals surface area contributed by atoms with Gasteiger partial charge >= 0.3 is 0 Å². The van der Waals surface area contributed by atoms with Crippen molar-refractivity contribution in [3.63, 3.8) is 0 Å². The molecule has 0 aromatic heterocycles. The molecule has 1 aliphatic heterocycles. The highest BCUT2D eigenvalue weighted by Crippen LogP contribution is 2.43. The smallest absolute Gasteiger partial charge is 0.141 e. The molecule has 3 heteroatoms. The van der Waals surface area contributed by atoms with Gasteiger partial charge in [0, 0.05) is 6.54 Å². The molecular formula is C16H23NO2. The second kappa shape index (κ2) is 5.41. The molecule has 1 aliphatic carbocycles. The van der Waals surface area contributed by atoms with Gasteiger partial charge in [-0.25, -0.2) is 0 Å². The first-order chi connectivity index (χ1) is 9.31. The number of methoxy groups -OCH3 is 1. The Bertz CT molecular complexity index is 427. The van der Waals surface area contributed by atoms with Crippen molar-refractivity contribution in [2.24, 2.45) is 0 Å². The van der Waals surface area contributed by atoms with E-state index in [1.807, 2.05) is 18.2 Å². The summed E-state index contributed by atoms with van der Waals surface area (Å²) < 4.78 is 11.7. The van der Waals surface area contributed by atoms with E-state index < -0.39 is 0 Å². The van der Waals surface area contributed by atoms with Gasteiger partial charge in [-0.05, 0) is 37.8 Å². The fraction of sp³-hybridized carbons (Fsp3) is 0.625. The van der Waals surface area contributed by atoms with Crippen LogP contribution >= 0.6 is 0 Å². The van der Waals surface area contributed by atoms with E-state index in [1.54, 1.807) is 7.11 Å². The summed E-state index contributed by atoms with van der Waals surface area (Å²) in [5.74, 6) is 0.899. The van der Waals surface area contributed by atoms with E-state index in [2.05, 4.69) is 11.4 Å². The van der Waals surface area contributed by atoms with E-state index in [9.17, 15) is 0 Å². The lowest BCUT2D eigenvalue weighted by atomic mass is 9.98. The van der Waals surface area contributed by atoms with Crippen LogP contribution in [-0.2, 0) is 4.74 Å². The van der Waals surface area contributed by atoms with E-state index in [1.165, 1.54) is 38.5 Å². The van der Waals surface area contributed by atoms with Crippen LogP contribution in [0.15, 0.2) is 24.3 Å². The average Bonchev–Trinajstić information content (AvgIpc) is 3.07. The van der Waals surface area contributed by atoms with Crippen LogP contribution < -0.4 is 10.1 Å².